The summed E-state index contributed by atoms with van der Waals surface area (Å²) in [5.41, 5.74) is 0.427. The molecule has 0 radical (unpaired) electrons. The second-order valence-corrected chi connectivity index (χ2v) is 7.09. The fourth-order valence-corrected chi connectivity index (χ4v) is 3.82. The van der Waals surface area contributed by atoms with Crippen LogP contribution in [0.3, 0.4) is 0 Å². The molecule has 0 amide bonds. The molecule has 0 heterocycles. The van der Waals surface area contributed by atoms with E-state index in [9.17, 15) is 8.42 Å². The van der Waals surface area contributed by atoms with Gasteiger partial charge in [-0.2, -0.15) is 0 Å². The number of anilines is 1. The Labute approximate surface area is 147 Å². The molecule has 0 aromatic heterocycles. The zero-order valence-corrected chi connectivity index (χ0v) is 15.0. The van der Waals surface area contributed by atoms with Gasteiger partial charge in [-0.1, -0.05) is 17.7 Å². The van der Waals surface area contributed by atoms with Crippen LogP contribution in [0.4, 0.5) is 5.69 Å². The Balaban J connectivity index is 2.48. The molecule has 0 spiro atoms. The van der Waals surface area contributed by atoms with Crippen molar-refractivity contribution in [2.75, 3.05) is 25.1 Å². The molecule has 2 aromatic rings. The second kappa shape index (κ2) is 7.59. The molecular formula is C17H18ClNO4S. The molecule has 5 nitrogen and oxygen atoms in total. The van der Waals surface area contributed by atoms with Gasteiger partial charge >= 0.3 is 0 Å². The van der Waals surface area contributed by atoms with E-state index >= 15 is 0 Å². The Bertz CT molecular complexity index is 819. The van der Waals surface area contributed by atoms with Crippen LogP contribution in [0.5, 0.6) is 11.5 Å². The molecule has 0 unspecified atom stereocenters. The van der Waals surface area contributed by atoms with Crippen molar-refractivity contribution in [2.45, 2.75) is 4.90 Å². The van der Waals surface area contributed by atoms with Gasteiger partial charge < -0.3 is 9.47 Å². The second-order valence-electron chi connectivity index (χ2n) is 4.82. The average molecular weight is 368 g/mol. The molecule has 24 heavy (non-hydrogen) atoms. The summed E-state index contributed by atoms with van der Waals surface area (Å²) in [5, 5.41) is 0.328. The van der Waals surface area contributed by atoms with Crippen molar-refractivity contribution < 1.29 is 17.9 Å². The lowest BCUT2D eigenvalue weighted by Gasteiger charge is -2.23. The molecule has 0 aliphatic rings. The van der Waals surface area contributed by atoms with Crippen LogP contribution < -0.4 is 13.8 Å². The maximum absolute atomic E-state index is 13.0. The summed E-state index contributed by atoms with van der Waals surface area (Å²) < 4.78 is 37.3. The lowest BCUT2D eigenvalue weighted by atomic mass is 10.3. The minimum absolute atomic E-state index is 0.108. The van der Waals surface area contributed by atoms with Crippen LogP contribution in [0.15, 0.2) is 60.0 Å². The lowest BCUT2D eigenvalue weighted by Crippen LogP contribution is -2.31. The summed E-state index contributed by atoms with van der Waals surface area (Å²) in [6, 6.07) is 11.0. The van der Waals surface area contributed by atoms with Crippen molar-refractivity contribution in [3.8, 4) is 11.5 Å². The SMILES string of the molecule is C=CCN(c1ccc(OC)c(Cl)c1)S(=O)(=O)c1ccc(OC)cc1. The molecule has 0 saturated heterocycles. The monoisotopic (exact) mass is 367 g/mol. The summed E-state index contributed by atoms with van der Waals surface area (Å²) in [6.07, 6.45) is 1.51. The maximum Gasteiger partial charge on any atom is 0.264 e. The zero-order chi connectivity index (χ0) is 17.7. The average Bonchev–Trinajstić information content (AvgIpc) is 2.59. The van der Waals surface area contributed by atoms with E-state index in [1.54, 1.807) is 30.3 Å². The predicted molar refractivity (Wildman–Crippen MR) is 95.7 cm³/mol. The molecular weight excluding hydrogens is 350 g/mol. The van der Waals surface area contributed by atoms with Crippen LogP contribution in [0.2, 0.25) is 5.02 Å². The summed E-state index contributed by atoms with van der Waals surface area (Å²) >= 11 is 6.12. The van der Waals surface area contributed by atoms with E-state index in [0.29, 0.717) is 22.2 Å². The van der Waals surface area contributed by atoms with Gasteiger partial charge in [0.25, 0.3) is 10.0 Å². The molecule has 7 heteroatoms. The van der Waals surface area contributed by atoms with Crippen molar-refractivity contribution in [2.24, 2.45) is 0 Å². The van der Waals surface area contributed by atoms with Crippen molar-refractivity contribution >= 4 is 27.3 Å². The van der Waals surface area contributed by atoms with Crippen molar-refractivity contribution in [1.29, 1.82) is 0 Å². The highest BCUT2D eigenvalue weighted by Crippen LogP contribution is 2.32. The van der Waals surface area contributed by atoms with Crippen LogP contribution in [0, 0.1) is 0 Å². The summed E-state index contributed by atoms with van der Waals surface area (Å²) in [4.78, 5) is 0.150. The minimum atomic E-state index is -3.77. The number of hydrogen-bond acceptors (Lipinski definition) is 4. The summed E-state index contributed by atoms with van der Waals surface area (Å²) in [7, 11) is -0.753. The minimum Gasteiger partial charge on any atom is -0.497 e. The van der Waals surface area contributed by atoms with E-state index in [1.165, 1.54) is 36.7 Å². The van der Waals surface area contributed by atoms with Crippen LogP contribution >= 0.6 is 11.6 Å². The smallest absolute Gasteiger partial charge is 0.264 e. The fourth-order valence-electron chi connectivity index (χ4n) is 2.14. The molecule has 2 rings (SSSR count). The number of hydrogen-bond donors (Lipinski definition) is 0. The van der Waals surface area contributed by atoms with Gasteiger partial charge in [0.15, 0.2) is 0 Å². The normalized spacial score (nSPS) is 11.0. The van der Waals surface area contributed by atoms with E-state index in [-0.39, 0.29) is 11.4 Å². The molecule has 0 fully saturated rings. The molecule has 128 valence electrons. The highest BCUT2D eigenvalue weighted by molar-refractivity contribution is 7.92. The molecule has 0 aliphatic carbocycles. The number of halogens is 1. The number of rotatable bonds is 7. The molecule has 0 bridgehead atoms. The Hall–Kier alpha value is -2.18. The van der Waals surface area contributed by atoms with Gasteiger partial charge in [0.2, 0.25) is 0 Å². The number of ether oxygens (including phenoxy) is 2. The van der Waals surface area contributed by atoms with Gasteiger partial charge in [0.1, 0.15) is 11.5 Å². The predicted octanol–water partition coefficient (Wildman–Crippen LogP) is 3.74. The Kier molecular flexibility index (Phi) is 5.75. The highest BCUT2D eigenvalue weighted by atomic mass is 35.5. The number of benzene rings is 2. The third kappa shape index (κ3) is 3.66. The van der Waals surface area contributed by atoms with Crippen LogP contribution in [-0.4, -0.2) is 29.2 Å². The molecule has 0 saturated carbocycles. The van der Waals surface area contributed by atoms with Gasteiger partial charge in [0.05, 0.1) is 36.4 Å². The van der Waals surface area contributed by atoms with Crippen LogP contribution in [0.1, 0.15) is 0 Å². The third-order valence-electron chi connectivity index (χ3n) is 3.37. The molecule has 2 aromatic carbocycles. The Morgan fingerprint density at radius 1 is 1.12 bits per heavy atom. The lowest BCUT2D eigenvalue weighted by molar-refractivity contribution is 0.414. The van der Waals surface area contributed by atoms with Gasteiger partial charge in [-0.25, -0.2) is 8.42 Å². The van der Waals surface area contributed by atoms with E-state index in [1.807, 2.05) is 0 Å². The van der Waals surface area contributed by atoms with Gasteiger partial charge in [-0.15, -0.1) is 6.58 Å². The third-order valence-corrected chi connectivity index (χ3v) is 5.47. The first-order valence-electron chi connectivity index (χ1n) is 7.05. The highest BCUT2D eigenvalue weighted by Gasteiger charge is 2.24. The molecule has 0 atom stereocenters. The van der Waals surface area contributed by atoms with E-state index in [4.69, 9.17) is 21.1 Å². The van der Waals surface area contributed by atoms with E-state index in [0.717, 1.165) is 0 Å². The first-order chi connectivity index (χ1) is 11.4. The number of nitrogens with zero attached hydrogens (tertiary/aromatic N) is 1. The quantitative estimate of drug-likeness (QED) is 0.699. The maximum atomic E-state index is 13.0. The van der Waals surface area contributed by atoms with E-state index in [2.05, 4.69) is 6.58 Å². The molecule has 0 aliphatic heterocycles. The van der Waals surface area contributed by atoms with Crippen molar-refractivity contribution in [3.63, 3.8) is 0 Å². The topological polar surface area (TPSA) is 55.8 Å². The Morgan fingerprint density at radius 2 is 1.79 bits per heavy atom. The van der Waals surface area contributed by atoms with Crippen molar-refractivity contribution in [3.05, 3.63) is 60.1 Å². The van der Waals surface area contributed by atoms with Crippen molar-refractivity contribution in [1.82, 2.24) is 0 Å². The van der Waals surface area contributed by atoms with Crippen LogP contribution in [-0.2, 0) is 10.0 Å². The van der Waals surface area contributed by atoms with Gasteiger partial charge in [0, 0.05) is 0 Å². The van der Waals surface area contributed by atoms with Gasteiger partial charge in [-0.3, -0.25) is 4.31 Å². The van der Waals surface area contributed by atoms with Crippen LogP contribution in [0.25, 0.3) is 0 Å². The summed E-state index contributed by atoms with van der Waals surface area (Å²) in [6.45, 7) is 3.74. The number of sulfonamides is 1. The summed E-state index contributed by atoms with van der Waals surface area (Å²) in [5.74, 6) is 1.05. The number of methoxy groups -OCH3 is 2. The fraction of sp³-hybridized carbons (Fsp3) is 0.176. The van der Waals surface area contributed by atoms with Gasteiger partial charge in [-0.05, 0) is 42.5 Å². The Morgan fingerprint density at radius 3 is 2.29 bits per heavy atom. The largest absolute Gasteiger partial charge is 0.497 e. The van der Waals surface area contributed by atoms with E-state index < -0.39 is 10.0 Å². The first kappa shape index (κ1) is 18.2. The first-order valence-corrected chi connectivity index (χ1v) is 8.87. The zero-order valence-electron chi connectivity index (χ0n) is 13.4. The standard InChI is InChI=1S/C17H18ClNO4S/c1-4-11-19(13-5-10-17(23-3)16(18)12-13)24(20,21)15-8-6-14(22-2)7-9-15/h4-10,12H,1,11H2,2-3H3. The molecule has 0 N–H and O–H groups in total.